The molecule has 122 valence electrons. The molecule has 1 rings (SSSR count). The van der Waals surface area contributed by atoms with E-state index in [0.717, 1.165) is 5.56 Å². The predicted octanol–water partition coefficient (Wildman–Crippen LogP) is 2.22. The van der Waals surface area contributed by atoms with E-state index in [0.29, 0.717) is 30.6 Å². The molecule has 0 bridgehead atoms. The minimum absolute atomic E-state index is 0.0998. The Morgan fingerprint density at radius 1 is 1.36 bits per heavy atom. The lowest BCUT2D eigenvalue weighted by Gasteiger charge is -2.09. The molecule has 0 spiro atoms. The van der Waals surface area contributed by atoms with E-state index in [9.17, 15) is 4.79 Å². The number of rotatable bonds is 9. The van der Waals surface area contributed by atoms with Gasteiger partial charge in [-0.25, -0.2) is 0 Å². The van der Waals surface area contributed by atoms with Crippen molar-refractivity contribution in [1.82, 2.24) is 5.32 Å². The van der Waals surface area contributed by atoms with Crippen LogP contribution in [0, 0.1) is 5.92 Å². The first kappa shape index (κ1) is 17.8. The summed E-state index contributed by atoms with van der Waals surface area (Å²) in [5, 5.41) is 6.52. The Labute approximate surface area is 131 Å². The summed E-state index contributed by atoms with van der Waals surface area (Å²) >= 11 is 0. The maximum atomic E-state index is 11.4. The number of nitrogens with zero attached hydrogens (tertiary/aromatic N) is 1. The summed E-state index contributed by atoms with van der Waals surface area (Å²) in [6.07, 6.45) is 1.52. The molecule has 1 aromatic rings. The molecule has 0 saturated heterocycles. The van der Waals surface area contributed by atoms with E-state index in [1.54, 1.807) is 19.2 Å². The van der Waals surface area contributed by atoms with Gasteiger partial charge in [0.25, 0.3) is 5.91 Å². The number of benzene rings is 1. The standard InChI is InChI=1S/C16H24N2O4/c1-5-21-14-7-6-13(8-15(14)20-4)10-18-22-11-16(19)17-9-12(2)3/h6-8,10,12H,5,9,11H2,1-4H3,(H,17,19)/b18-10-. The molecule has 22 heavy (non-hydrogen) atoms. The van der Waals surface area contributed by atoms with E-state index in [4.69, 9.17) is 14.3 Å². The quantitative estimate of drug-likeness (QED) is 0.561. The number of oxime groups is 1. The van der Waals surface area contributed by atoms with Crippen molar-refractivity contribution in [2.45, 2.75) is 20.8 Å². The maximum absolute atomic E-state index is 11.4. The molecule has 0 radical (unpaired) electrons. The van der Waals surface area contributed by atoms with Crippen LogP contribution in [0.4, 0.5) is 0 Å². The topological polar surface area (TPSA) is 69.2 Å². The second kappa shape index (κ2) is 9.65. The summed E-state index contributed by atoms with van der Waals surface area (Å²) in [7, 11) is 1.58. The summed E-state index contributed by atoms with van der Waals surface area (Å²) in [6.45, 7) is 7.06. The van der Waals surface area contributed by atoms with Crippen molar-refractivity contribution >= 4 is 12.1 Å². The van der Waals surface area contributed by atoms with Crippen LogP contribution in [0.5, 0.6) is 11.5 Å². The van der Waals surface area contributed by atoms with Crippen LogP contribution in [0.3, 0.4) is 0 Å². The first-order valence-electron chi connectivity index (χ1n) is 7.29. The van der Waals surface area contributed by atoms with E-state index < -0.39 is 0 Å². The van der Waals surface area contributed by atoms with Gasteiger partial charge in [-0.05, 0) is 31.0 Å². The number of carbonyl (C=O) groups excluding carboxylic acids is 1. The lowest BCUT2D eigenvalue weighted by Crippen LogP contribution is -2.30. The first-order valence-corrected chi connectivity index (χ1v) is 7.29. The van der Waals surface area contributed by atoms with E-state index in [1.165, 1.54) is 6.21 Å². The van der Waals surface area contributed by atoms with Gasteiger partial charge in [0, 0.05) is 12.1 Å². The van der Waals surface area contributed by atoms with Gasteiger partial charge < -0.3 is 19.6 Å². The Kier molecular flexibility index (Phi) is 7.81. The fraction of sp³-hybridized carbons (Fsp3) is 0.500. The molecule has 1 amide bonds. The molecule has 0 aromatic heterocycles. The molecular formula is C16H24N2O4. The third-order valence-electron chi connectivity index (χ3n) is 2.67. The van der Waals surface area contributed by atoms with Gasteiger partial charge in [0.15, 0.2) is 18.1 Å². The molecule has 1 N–H and O–H groups in total. The minimum Gasteiger partial charge on any atom is -0.493 e. The highest BCUT2D eigenvalue weighted by Crippen LogP contribution is 2.27. The summed E-state index contributed by atoms with van der Waals surface area (Å²) in [5.41, 5.74) is 0.794. The second-order valence-corrected chi connectivity index (χ2v) is 5.05. The molecule has 6 nitrogen and oxygen atoms in total. The smallest absolute Gasteiger partial charge is 0.260 e. The SMILES string of the molecule is CCOc1ccc(/C=N\OCC(=O)NCC(C)C)cc1OC. The Balaban J connectivity index is 2.47. The molecule has 0 saturated carbocycles. The van der Waals surface area contributed by atoms with Gasteiger partial charge in [0.05, 0.1) is 19.9 Å². The van der Waals surface area contributed by atoms with E-state index in [2.05, 4.69) is 10.5 Å². The average molecular weight is 308 g/mol. The molecular weight excluding hydrogens is 284 g/mol. The van der Waals surface area contributed by atoms with Crippen molar-refractivity contribution in [2.75, 3.05) is 26.9 Å². The number of hydrogen-bond donors (Lipinski definition) is 1. The number of amides is 1. The molecule has 0 fully saturated rings. The van der Waals surface area contributed by atoms with Crippen molar-refractivity contribution in [3.05, 3.63) is 23.8 Å². The van der Waals surface area contributed by atoms with Crippen LogP contribution in [-0.2, 0) is 9.63 Å². The number of ether oxygens (including phenoxy) is 2. The van der Waals surface area contributed by atoms with Gasteiger partial charge in [-0.2, -0.15) is 0 Å². The van der Waals surface area contributed by atoms with Crippen molar-refractivity contribution in [3.63, 3.8) is 0 Å². The van der Waals surface area contributed by atoms with Crippen molar-refractivity contribution in [1.29, 1.82) is 0 Å². The Morgan fingerprint density at radius 2 is 2.14 bits per heavy atom. The molecule has 0 atom stereocenters. The van der Waals surface area contributed by atoms with Gasteiger partial charge in [0.2, 0.25) is 0 Å². The van der Waals surface area contributed by atoms with Gasteiger partial charge in [-0.1, -0.05) is 19.0 Å². The number of hydrogen-bond acceptors (Lipinski definition) is 5. The third kappa shape index (κ3) is 6.47. The van der Waals surface area contributed by atoms with Gasteiger partial charge in [-0.15, -0.1) is 0 Å². The van der Waals surface area contributed by atoms with Crippen LogP contribution >= 0.6 is 0 Å². The van der Waals surface area contributed by atoms with Crippen LogP contribution in [0.15, 0.2) is 23.4 Å². The predicted molar refractivity (Wildman–Crippen MR) is 85.6 cm³/mol. The lowest BCUT2D eigenvalue weighted by molar-refractivity contribution is -0.125. The van der Waals surface area contributed by atoms with Crippen molar-refractivity contribution in [3.8, 4) is 11.5 Å². The second-order valence-electron chi connectivity index (χ2n) is 5.05. The fourth-order valence-corrected chi connectivity index (χ4v) is 1.60. The summed E-state index contributed by atoms with van der Waals surface area (Å²) in [6, 6.07) is 5.43. The number of nitrogens with one attached hydrogen (secondary N) is 1. The van der Waals surface area contributed by atoms with E-state index in [1.807, 2.05) is 26.8 Å². The van der Waals surface area contributed by atoms with Gasteiger partial charge in [-0.3, -0.25) is 4.79 Å². The first-order chi connectivity index (χ1) is 10.6. The maximum Gasteiger partial charge on any atom is 0.260 e. The fourth-order valence-electron chi connectivity index (χ4n) is 1.60. The average Bonchev–Trinajstić information content (AvgIpc) is 2.51. The zero-order valence-electron chi connectivity index (χ0n) is 13.6. The van der Waals surface area contributed by atoms with Gasteiger partial charge >= 0.3 is 0 Å². The highest BCUT2D eigenvalue weighted by molar-refractivity contribution is 5.81. The molecule has 0 heterocycles. The number of carbonyl (C=O) groups is 1. The third-order valence-corrected chi connectivity index (χ3v) is 2.67. The number of methoxy groups -OCH3 is 1. The molecule has 1 aromatic carbocycles. The zero-order valence-corrected chi connectivity index (χ0v) is 13.6. The van der Waals surface area contributed by atoms with E-state index in [-0.39, 0.29) is 12.5 Å². The van der Waals surface area contributed by atoms with Gasteiger partial charge in [0.1, 0.15) is 0 Å². The highest BCUT2D eigenvalue weighted by Gasteiger charge is 2.04. The molecule has 0 aliphatic rings. The normalized spacial score (nSPS) is 10.8. The van der Waals surface area contributed by atoms with Crippen LogP contribution in [0.25, 0.3) is 0 Å². The Morgan fingerprint density at radius 3 is 2.77 bits per heavy atom. The van der Waals surface area contributed by atoms with Crippen molar-refractivity contribution in [2.24, 2.45) is 11.1 Å². The monoisotopic (exact) mass is 308 g/mol. The summed E-state index contributed by atoms with van der Waals surface area (Å²) in [4.78, 5) is 16.4. The van der Waals surface area contributed by atoms with E-state index >= 15 is 0 Å². The van der Waals surface area contributed by atoms with Crippen LogP contribution in [0.1, 0.15) is 26.3 Å². The highest BCUT2D eigenvalue weighted by atomic mass is 16.6. The summed E-state index contributed by atoms with van der Waals surface area (Å²) in [5.74, 6) is 1.52. The Hall–Kier alpha value is -2.24. The van der Waals surface area contributed by atoms with Crippen molar-refractivity contribution < 1.29 is 19.1 Å². The zero-order chi connectivity index (χ0) is 16.4. The summed E-state index contributed by atoms with van der Waals surface area (Å²) < 4.78 is 10.7. The lowest BCUT2D eigenvalue weighted by atomic mass is 10.2. The van der Waals surface area contributed by atoms with Crippen LogP contribution < -0.4 is 14.8 Å². The molecule has 0 aliphatic heterocycles. The largest absolute Gasteiger partial charge is 0.493 e. The Bertz CT molecular complexity index is 501. The molecule has 6 heteroatoms. The van der Waals surface area contributed by atoms with Crippen LogP contribution in [-0.4, -0.2) is 39.0 Å². The molecule has 0 aliphatic carbocycles. The molecule has 0 unspecified atom stereocenters. The van der Waals surface area contributed by atoms with Crippen LogP contribution in [0.2, 0.25) is 0 Å². The minimum atomic E-state index is -0.185.